The first kappa shape index (κ1) is 25.2. The van der Waals surface area contributed by atoms with Gasteiger partial charge in [-0.2, -0.15) is 4.31 Å². The van der Waals surface area contributed by atoms with Crippen LogP contribution in [-0.2, 0) is 16.4 Å². The predicted molar refractivity (Wildman–Crippen MR) is 144 cm³/mol. The maximum atomic E-state index is 13.6. The van der Waals surface area contributed by atoms with Crippen LogP contribution in [0.4, 0.5) is 0 Å². The molecule has 5 nitrogen and oxygen atoms in total. The van der Waals surface area contributed by atoms with E-state index >= 15 is 0 Å². The summed E-state index contributed by atoms with van der Waals surface area (Å²) in [4.78, 5) is 2.75. The van der Waals surface area contributed by atoms with E-state index in [2.05, 4.69) is 54.3 Å². The fraction of sp³-hybridized carbons (Fsp3) is 0.400. The molecule has 0 amide bonds. The highest BCUT2D eigenvalue weighted by Gasteiger charge is 2.45. The third-order valence-electron chi connectivity index (χ3n) is 8.26. The first-order valence-corrected chi connectivity index (χ1v) is 14.3. The highest BCUT2D eigenvalue weighted by Crippen LogP contribution is 2.43. The van der Waals surface area contributed by atoms with Crippen LogP contribution in [-0.4, -0.2) is 55.0 Å². The molecule has 1 saturated heterocycles. The van der Waals surface area contributed by atoms with Crippen LogP contribution in [0.15, 0.2) is 71.6 Å². The smallest absolute Gasteiger partial charge is 0.243 e. The van der Waals surface area contributed by atoms with Gasteiger partial charge in [-0.15, -0.1) is 0 Å². The van der Waals surface area contributed by atoms with Crippen molar-refractivity contribution in [2.75, 3.05) is 20.1 Å². The van der Waals surface area contributed by atoms with E-state index in [9.17, 15) is 13.5 Å². The average molecular weight is 505 g/mol. The van der Waals surface area contributed by atoms with E-state index in [0.717, 1.165) is 18.5 Å². The maximum absolute atomic E-state index is 13.6. The molecule has 4 atom stereocenters. The summed E-state index contributed by atoms with van der Waals surface area (Å²) >= 11 is 0. The Hall–Kier alpha value is -2.51. The van der Waals surface area contributed by atoms with E-state index in [1.54, 1.807) is 26.1 Å². The first-order valence-electron chi connectivity index (χ1n) is 12.8. The summed E-state index contributed by atoms with van der Waals surface area (Å²) in [6, 6.07) is 22.0. The lowest BCUT2D eigenvalue weighted by molar-refractivity contribution is -0.00981. The van der Waals surface area contributed by atoms with Crippen LogP contribution < -0.4 is 0 Å². The lowest BCUT2D eigenvalue weighted by atomic mass is 9.78. The zero-order valence-electron chi connectivity index (χ0n) is 21.6. The molecule has 0 spiro atoms. The molecule has 0 aromatic heterocycles. The second-order valence-electron chi connectivity index (χ2n) is 10.5. The summed E-state index contributed by atoms with van der Waals surface area (Å²) in [5.41, 5.74) is 7.32. The normalized spacial score (nSPS) is 23.2. The van der Waals surface area contributed by atoms with Crippen LogP contribution in [0.1, 0.15) is 41.6 Å². The van der Waals surface area contributed by atoms with Crippen molar-refractivity contribution in [3.8, 4) is 11.1 Å². The topological polar surface area (TPSA) is 60.9 Å². The van der Waals surface area contributed by atoms with Crippen LogP contribution in [0.25, 0.3) is 11.1 Å². The minimum absolute atomic E-state index is 0.119. The summed E-state index contributed by atoms with van der Waals surface area (Å²) in [5.74, 6) is -0.160. The molecule has 5 rings (SSSR count). The van der Waals surface area contributed by atoms with Gasteiger partial charge in [-0.3, -0.25) is 4.90 Å². The van der Waals surface area contributed by atoms with Crippen molar-refractivity contribution in [1.29, 1.82) is 0 Å². The number of sulfonamides is 1. The van der Waals surface area contributed by atoms with Crippen LogP contribution >= 0.6 is 0 Å². The fourth-order valence-corrected chi connectivity index (χ4v) is 7.46. The van der Waals surface area contributed by atoms with Crippen LogP contribution in [0.3, 0.4) is 0 Å². The third kappa shape index (κ3) is 4.52. The van der Waals surface area contributed by atoms with Crippen molar-refractivity contribution in [1.82, 2.24) is 9.21 Å². The number of aryl methyl sites for hydroxylation is 2. The van der Waals surface area contributed by atoms with Gasteiger partial charge < -0.3 is 5.11 Å². The molecule has 2 heterocycles. The van der Waals surface area contributed by atoms with E-state index in [0.29, 0.717) is 17.9 Å². The van der Waals surface area contributed by atoms with Gasteiger partial charge in [0.25, 0.3) is 0 Å². The summed E-state index contributed by atoms with van der Waals surface area (Å²) in [6.45, 7) is 7.47. The SMILES string of the molecule is Cc1ccc(S(=O)(=O)N(C)[C@H]2C[C@H]3c4cc(-c5ccccc5C)ccc4CCN3C[C@H]2[C@H](C)O)cc1. The Bertz CT molecular complexity index is 1350. The Morgan fingerprint density at radius 1 is 1.03 bits per heavy atom. The summed E-state index contributed by atoms with van der Waals surface area (Å²) in [6.07, 6.45) is 1.02. The molecular weight excluding hydrogens is 468 g/mol. The number of piperidine rings is 1. The van der Waals surface area contributed by atoms with Gasteiger partial charge in [0, 0.05) is 38.1 Å². The Kier molecular flexibility index (Phi) is 6.81. The number of aliphatic hydroxyl groups excluding tert-OH is 1. The fourth-order valence-electron chi connectivity index (χ4n) is 6.05. The van der Waals surface area contributed by atoms with Crippen LogP contribution in [0.2, 0.25) is 0 Å². The molecule has 1 fully saturated rings. The van der Waals surface area contributed by atoms with Gasteiger partial charge in [0.05, 0.1) is 11.0 Å². The Morgan fingerprint density at radius 3 is 2.44 bits per heavy atom. The van der Waals surface area contributed by atoms with Gasteiger partial charge in [0.1, 0.15) is 0 Å². The Morgan fingerprint density at radius 2 is 1.75 bits per heavy atom. The maximum Gasteiger partial charge on any atom is 0.243 e. The quantitative estimate of drug-likeness (QED) is 0.534. The lowest BCUT2D eigenvalue weighted by Crippen LogP contribution is -2.56. The van der Waals surface area contributed by atoms with Crippen molar-refractivity contribution < 1.29 is 13.5 Å². The summed E-state index contributed by atoms with van der Waals surface area (Å²) < 4.78 is 28.8. The van der Waals surface area contributed by atoms with E-state index < -0.39 is 16.1 Å². The molecule has 6 heteroatoms. The molecule has 0 radical (unpaired) electrons. The second-order valence-corrected chi connectivity index (χ2v) is 12.5. The molecule has 3 aromatic carbocycles. The Balaban J connectivity index is 1.51. The van der Waals surface area contributed by atoms with Gasteiger partial charge in [-0.25, -0.2) is 8.42 Å². The first-order chi connectivity index (χ1) is 17.2. The molecule has 2 aliphatic rings. The van der Waals surface area contributed by atoms with E-state index in [1.807, 2.05) is 19.1 Å². The lowest BCUT2D eigenvalue weighted by Gasteiger charge is -2.50. The van der Waals surface area contributed by atoms with Crippen LogP contribution in [0.5, 0.6) is 0 Å². The zero-order valence-corrected chi connectivity index (χ0v) is 22.4. The Labute approximate surface area is 215 Å². The molecule has 36 heavy (non-hydrogen) atoms. The average Bonchev–Trinajstić information content (AvgIpc) is 2.87. The molecule has 2 aliphatic heterocycles. The van der Waals surface area contributed by atoms with Gasteiger partial charge in [0.2, 0.25) is 10.0 Å². The number of hydrogen-bond donors (Lipinski definition) is 1. The van der Waals surface area contributed by atoms with E-state index in [1.165, 1.54) is 32.1 Å². The van der Waals surface area contributed by atoms with Crippen molar-refractivity contribution in [2.45, 2.75) is 56.7 Å². The summed E-state index contributed by atoms with van der Waals surface area (Å²) in [7, 11) is -2.01. The van der Waals surface area contributed by atoms with Crippen LogP contribution in [0, 0.1) is 19.8 Å². The monoisotopic (exact) mass is 504 g/mol. The molecule has 0 bridgehead atoms. The van der Waals surface area contributed by atoms with Gasteiger partial charge in [-0.05, 0) is 79.6 Å². The van der Waals surface area contributed by atoms with E-state index in [-0.39, 0.29) is 18.0 Å². The zero-order chi connectivity index (χ0) is 25.6. The van der Waals surface area contributed by atoms with Crippen molar-refractivity contribution in [3.63, 3.8) is 0 Å². The number of fused-ring (bicyclic) bond motifs is 3. The number of benzene rings is 3. The van der Waals surface area contributed by atoms with Gasteiger partial charge in [0.15, 0.2) is 0 Å². The molecule has 3 aromatic rings. The highest BCUT2D eigenvalue weighted by atomic mass is 32.2. The number of hydrogen-bond acceptors (Lipinski definition) is 4. The van der Waals surface area contributed by atoms with Gasteiger partial charge >= 0.3 is 0 Å². The molecule has 0 saturated carbocycles. The third-order valence-corrected chi connectivity index (χ3v) is 10.2. The van der Waals surface area contributed by atoms with Crippen molar-refractivity contribution >= 4 is 10.0 Å². The van der Waals surface area contributed by atoms with E-state index in [4.69, 9.17) is 0 Å². The van der Waals surface area contributed by atoms with Crippen molar-refractivity contribution in [2.24, 2.45) is 5.92 Å². The number of aliphatic hydroxyl groups is 1. The van der Waals surface area contributed by atoms with Gasteiger partial charge in [-0.1, -0.05) is 54.1 Å². The molecule has 0 unspecified atom stereocenters. The molecule has 1 N–H and O–H groups in total. The largest absolute Gasteiger partial charge is 0.393 e. The standard InChI is InChI=1S/C30H36N2O3S/c1-20-9-13-25(14-10-20)36(34,35)31(4)29-18-30-27-17-24(26-8-6-5-7-21(26)2)12-11-23(27)15-16-32(30)19-28(29)22(3)33/h5-14,17,22,28-30,33H,15-16,18-19H2,1-4H3/t22-,28-,29-,30-/m0/s1. The predicted octanol–water partition coefficient (Wildman–Crippen LogP) is 4.96. The molecule has 190 valence electrons. The molecule has 0 aliphatic carbocycles. The molecular formula is C30H36N2O3S. The second kappa shape index (κ2) is 9.75. The van der Waals surface area contributed by atoms with Crippen molar-refractivity contribution in [3.05, 3.63) is 89.0 Å². The highest BCUT2D eigenvalue weighted by molar-refractivity contribution is 7.89. The minimum Gasteiger partial charge on any atom is -0.393 e. The number of rotatable bonds is 5. The number of nitrogens with zero attached hydrogens (tertiary/aromatic N) is 2. The minimum atomic E-state index is -3.69. The summed E-state index contributed by atoms with van der Waals surface area (Å²) in [5, 5.41) is 10.7.